The molecule has 0 saturated heterocycles. The van der Waals surface area contributed by atoms with Crippen molar-refractivity contribution in [2.45, 2.75) is 105 Å². The lowest BCUT2D eigenvalue weighted by molar-refractivity contribution is 0.279. The van der Waals surface area contributed by atoms with Gasteiger partial charge in [-0.3, -0.25) is 9.56 Å². The van der Waals surface area contributed by atoms with Crippen LogP contribution >= 0.6 is 0 Å². The summed E-state index contributed by atoms with van der Waals surface area (Å²) in [5.74, 6) is 2.58. The van der Waals surface area contributed by atoms with Crippen molar-refractivity contribution in [2.75, 3.05) is 4.90 Å². The van der Waals surface area contributed by atoms with E-state index in [1.54, 1.807) is 0 Å². The minimum absolute atomic E-state index is 0.0235. The third-order valence-electron chi connectivity index (χ3n) is 14.7. The molecule has 0 N–H and O–H groups in total. The maximum Gasteiger partial charge on any atom is 0.145 e. The Morgan fingerprint density at radius 3 is 1.83 bits per heavy atom. The van der Waals surface area contributed by atoms with Crippen LogP contribution in [-0.2, 0) is 5.41 Å². The van der Waals surface area contributed by atoms with E-state index in [4.69, 9.17) is 14.7 Å². The number of aliphatic imine (C=N–C) groups is 1. The molecule has 0 fully saturated rings. The van der Waals surface area contributed by atoms with Crippen LogP contribution in [0.15, 0.2) is 133 Å². The number of ether oxygens (including phenoxy) is 1. The van der Waals surface area contributed by atoms with Crippen molar-refractivity contribution in [2.24, 2.45) is 4.99 Å². The smallest absolute Gasteiger partial charge is 0.145 e. The summed E-state index contributed by atoms with van der Waals surface area (Å²) in [6.45, 7) is 27.2. The maximum absolute atomic E-state index is 7.21. The van der Waals surface area contributed by atoms with E-state index in [9.17, 15) is 0 Å². The normalized spacial score (nSPS) is 17.4. The minimum Gasteiger partial charge on any atom is -0.457 e. The number of anilines is 1. The molecule has 4 heterocycles. The molecule has 8 aromatic rings. The number of pyridine rings is 1. The lowest BCUT2D eigenvalue weighted by Gasteiger charge is -2.48. The van der Waals surface area contributed by atoms with Crippen LogP contribution in [0.1, 0.15) is 107 Å². The van der Waals surface area contributed by atoms with E-state index in [0.717, 1.165) is 56.5 Å². The van der Waals surface area contributed by atoms with Gasteiger partial charge in [0.2, 0.25) is 0 Å². The number of fused-ring (bicyclic) bond motifs is 5. The van der Waals surface area contributed by atoms with Crippen LogP contribution < -0.4 is 9.64 Å². The molecule has 0 saturated carbocycles. The standard InChI is InChI=1S/C58H58N4O/c1-34-26-39(6)52(40(7)27-34)62-55(60-58(12,57(62,10)11)51(41-20-15-13-16-21-41)42-22-17-14-18-23-42)44-31-49(37(4)29-36(44)3)63-50-32-48-47(30-38(50)5)56(8,9)46-25-19-24-43-45-28-35(2)33-59-54(45)61(48)53(43)46/h13-33,51H,1-12H3/t58-/m1/s1. The zero-order valence-electron chi connectivity index (χ0n) is 38.9. The molecular weight excluding hydrogens is 769 g/mol. The average molecular weight is 827 g/mol. The lowest BCUT2D eigenvalue weighted by Crippen LogP contribution is -2.57. The number of amidine groups is 1. The van der Waals surface area contributed by atoms with Crippen LogP contribution in [0.2, 0.25) is 0 Å². The molecule has 0 bridgehead atoms. The van der Waals surface area contributed by atoms with Gasteiger partial charge in [-0.15, -0.1) is 0 Å². The van der Waals surface area contributed by atoms with Gasteiger partial charge in [-0.2, -0.15) is 0 Å². The number of rotatable bonds is 7. The van der Waals surface area contributed by atoms with Gasteiger partial charge in [0.05, 0.1) is 22.3 Å². The van der Waals surface area contributed by atoms with E-state index in [2.05, 4.69) is 214 Å². The van der Waals surface area contributed by atoms with Crippen LogP contribution in [0.3, 0.4) is 0 Å². The zero-order valence-corrected chi connectivity index (χ0v) is 38.9. The monoisotopic (exact) mass is 826 g/mol. The van der Waals surface area contributed by atoms with Crippen molar-refractivity contribution in [3.05, 3.63) is 194 Å². The fraction of sp³-hybridized carbons (Fsp3) is 0.276. The summed E-state index contributed by atoms with van der Waals surface area (Å²) in [7, 11) is 0. The molecule has 316 valence electrons. The molecule has 0 aliphatic carbocycles. The predicted molar refractivity (Wildman–Crippen MR) is 263 cm³/mol. The molecular formula is C58H58N4O. The molecule has 2 aliphatic heterocycles. The highest BCUT2D eigenvalue weighted by Gasteiger charge is 2.58. The summed E-state index contributed by atoms with van der Waals surface area (Å²) in [5, 5.41) is 2.41. The number of aromatic nitrogens is 2. The highest BCUT2D eigenvalue weighted by molar-refractivity contribution is 6.15. The quantitative estimate of drug-likeness (QED) is 0.161. The van der Waals surface area contributed by atoms with Crippen LogP contribution in [0.5, 0.6) is 11.5 Å². The van der Waals surface area contributed by atoms with E-state index in [1.165, 1.54) is 60.9 Å². The van der Waals surface area contributed by atoms with E-state index in [1.807, 2.05) is 6.20 Å². The Bertz CT molecular complexity index is 3130. The first kappa shape index (κ1) is 40.6. The lowest BCUT2D eigenvalue weighted by atomic mass is 9.67. The Kier molecular flexibility index (Phi) is 9.21. The number of benzene rings is 6. The summed E-state index contributed by atoms with van der Waals surface area (Å²) in [6.07, 6.45) is 1.98. The first-order chi connectivity index (χ1) is 30.0. The van der Waals surface area contributed by atoms with Gasteiger partial charge in [-0.05, 0) is 143 Å². The van der Waals surface area contributed by atoms with Crippen LogP contribution in [0.25, 0.3) is 27.6 Å². The van der Waals surface area contributed by atoms with E-state index < -0.39 is 11.1 Å². The Hall–Kier alpha value is -6.46. The van der Waals surface area contributed by atoms with Crippen LogP contribution in [-0.4, -0.2) is 26.5 Å². The molecule has 2 aromatic heterocycles. The summed E-state index contributed by atoms with van der Waals surface area (Å²) >= 11 is 0. The van der Waals surface area contributed by atoms with Gasteiger partial charge in [-0.25, -0.2) is 4.98 Å². The number of hydrogen-bond donors (Lipinski definition) is 0. The predicted octanol–water partition coefficient (Wildman–Crippen LogP) is 14.4. The summed E-state index contributed by atoms with van der Waals surface area (Å²) in [4.78, 5) is 13.6. The van der Waals surface area contributed by atoms with Crippen LogP contribution in [0.4, 0.5) is 5.69 Å². The molecule has 5 nitrogen and oxygen atoms in total. The van der Waals surface area contributed by atoms with Gasteiger partial charge < -0.3 is 9.64 Å². The van der Waals surface area contributed by atoms with Crippen molar-refractivity contribution < 1.29 is 4.74 Å². The molecule has 0 amide bonds. The second-order valence-corrected chi connectivity index (χ2v) is 19.7. The molecule has 2 aliphatic rings. The van der Waals surface area contributed by atoms with E-state index in [0.29, 0.717) is 0 Å². The fourth-order valence-corrected chi connectivity index (χ4v) is 11.2. The number of hydrogen-bond acceptors (Lipinski definition) is 4. The van der Waals surface area contributed by atoms with Crippen molar-refractivity contribution in [1.29, 1.82) is 0 Å². The third-order valence-corrected chi connectivity index (χ3v) is 14.7. The van der Waals surface area contributed by atoms with Crippen molar-refractivity contribution in [1.82, 2.24) is 9.55 Å². The van der Waals surface area contributed by atoms with Crippen molar-refractivity contribution in [3.63, 3.8) is 0 Å². The molecule has 5 heteroatoms. The average Bonchev–Trinajstić information content (AvgIpc) is 3.66. The second kappa shape index (κ2) is 14.3. The topological polar surface area (TPSA) is 42.6 Å². The van der Waals surface area contributed by atoms with E-state index >= 15 is 0 Å². The Morgan fingerprint density at radius 2 is 1.17 bits per heavy atom. The van der Waals surface area contributed by atoms with Crippen molar-refractivity contribution >= 4 is 33.5 Å². The molecule has 1 atom stereocenters. The van der Waals surface area contributed by atoms with Gasteiger partial charge in [-0.1, -0.05) is 116 Å². The highest BCUT2D eigenvalue weighted by atomic mass is 16.5. The zero-order chi connectivity index (χ0) is 44.3. The van der Waals surface area contributed by atoms with Gasteiger partial charge >= 0.3 is 0 Å². The summed E-state index contributed by atoms with van der Waals surface area (Å²) < 4.78 is 9.58. The van der Waals surface area contributed by atoms with Crippen LogP contribution in [0, 0.1) is 48.5 Å². The van der Waals surface area contributed by atoms with E-state index in [-0.39, 0.29) is 11.3 Å². The summed E-state index contributed by atoms with van der Waals surface area (Å²) in [6, 6.07) is 44.6. The molecule has 0 unspecified atom stereocenters. The largest absolute Gasteiger partial charge is 0.457 e. The SMILES string of the molecule is Cc1cc(C)c(N2C(c3cc(Oc4cc5c(cc4C)C(C)(C)c4cccc6c7cc(C)cnc7n-5c46)c(C)cc3C)=N[C@](C)(C(c3ccccc3)c3ccccc3)C2(C)C)c(C)c1. The molecule has 63 heavy (non-hydrogen) atoms. The highest BCUT2D eigenvalue weighted by Crippen LogP contribution is 2.54. The maximum atomic E-state index is 7.21. The second-order valence-electron chi connectivity index (χ2n) is 19.7. The van der Waals surface area contributed by atoms with Gasteiger partial charge in [0.1, 0.15) is 23.0 Å². The van der Waals surface area contributed by atoms with Crippen molar-refractivity contribution in [3.8, 4) is 17.2 Å². The van der Waals surface area contributed by atoms with Gasteiger partial charge in [0.25, 0.3) is 0 Å². The first-order valence-corrected chi connectivity index (χ1v) is 22.4. The number of para-hydroxylation sites is 1. The van der Waals surface area contributed by atoms with Gasteiger partial charge in [0.15, 0.2) is 0 Å². The Balaban J connectivity index is 1.17. The first-order valence-electron chi connectivity index (χ1n) is 22.4. The van der Waals surface area contributed by atoms with Gasteiger partial charge in [0, 0.05) is 45.6 Å². The fourth-order valence-electron chi connectivity index (χ4n) is 11.2. The molecule has 10 rings (SSSR count). The summed E-state index contributed by atoms with van der Waals surface area (Å²) in [5.41, 5.74) is 17.6. The molecule has 0 radical (unpaired) electrons. The minimum atomic E-state index is -0.594. The Morgan fingerprint density at radius 1 is 0.556 bits per heavy atom. The number of nitrogens with zero attached hydrogens (tertiary/aromatic N) is 4. The molecule has 0 spiro atoms. The Labute approximate surface area is 373 Å². The number of aryl methyl sites for hydroxylation is 7. The third kappa shape index (κ3) is 6.03. The molecule has 6 aromatic carbocycles.